The van der Waals surface area contributed by atoms with Gasteiger partial charge in [0.1, 0.15) is 12.5 Å². The maximum atomic E-state index is 10.4. The van der Waals surface area contributed by atoms with E-state index in [9.17, 15) is 4.79 Å². The van der Waals surface area contributed by atoms with Crippen LogP contribution in [0.2, 0.25) is 0 Å². The van der Waals surface area contributed by atoms with Crippen molar-refractivity contribution < 1.29 is 15.0 Å². The lowest BCUT2D eigenvalue weighted by atomic mass is 10.3. The topological polar surface area (TPSA) is 86.8 Å². The van der Waals surface area contributed by atoms with Gasteiger partial charge in [0, 0.05) is 0 Å². The molecule has 0 unspecified atom stereocenters. The number of hydrogen-bond acceptors (Lipinski definition) is 3. The first kappa shape index (κ1) is 9.19. The summed E-state index contributed by atoms with van der Waals surface area (Å²) in [6.45, 7) is 2.13. The molecule has 0 aliphatic heterocycles. The molecule has 5 heteroatoms. The first-order chi connectivity index (χ1) is 4.39. The van der Waals surface area contributed by atoms with Gasteiger partial charge >= 0.3 is 6.03 Å². The van der Waals surface area contributed by atoms with Crippen molar-refractivity contribution in [2.45, 2.75) is 19.6 Å². The summed E-state index contributed by atoms with van der Waals surface area (Å²) in [6, 6.07) is -0.852. The number of hydrogen-bond donors (Lipinski definition) is 3. The molecule has 0 bridgehead atoms. The van der Waals surface area contributed by atoms with E-state index in [0.29, 0.717) is 0 Å². The lowest BCUT2D eigenvalue weighted by Gasteiger charge is -2.30. The Morgan fingerprint density at radius 3 is 2.10 bits per heavy atom. The summed E-state index contributed by atoms with van der Waals surface area (Å²) >= 11 is 0. The molecule has 0 aliphatic carbocycles. The van der Waals surface area contributed by atoms with E-state index in [2.05, 4.69) is 0 Å². The molecular weight excluding hydrogens is 136 g/mol. The highest BCUT2D eigenvalue weighted by Gasteiger charge is 2.25. The molecule has 4 N–H and O–H groups in total. The van der Waals surface area contributed by atoms with E-state index < -0.39 is 18.5 Å². The van der Waals surface area contributed by atoms with Crippen molar-refractivity contribution in [2.75, 3.05) is 6.73 Å². The average molecular weight is 148 g/mol. The van der Waals surface area contributed by atoms with Gasteiger partial charge in [-0.15, -0.1) is 0 Å². The fourth-order valence-electron chi connectivity index (χ4n) is 0.512. The molecule has 0 aromatic rings. The van der Waals surface area contributed by atoms with Gasteiger partial charge in [0.2, 0.25) is 0 Å². The van der Waals surface area contributed by atoms with Crippen LogP contribution < -0.4 is 5.73 Å². The minimum Gasteiger partial charge on any atom is -0.376 e. The summed E-state index contributed by atoms with van der Waals surface area (Å²) < 4.78 is 0. The SMILES string of the molecule is CC(C)(O)N(CO)C(N)=O. The van der Waals surface area contributed by atoms with Crippen molar-refractivity contribution in [1.29, 1.82) is 0 Å². The molecule has 0 heterocycles. The van der Waals surface area contributed by atoms with Gasteiger partial charge in [-0.05, 0) is 13.8 Å². The van der Waals surface area contributed by atoms with Gasteiger partial charge < -0.3 is 15.9 Å². The van der Waals surface area contributed by atoms with E-state index in [0.717, 1.165) is 4.90 Å². The first-order valence-corrected chi connectivity index (χ1v) is 2.80. The highest BCUT2D eigenvalue weighted by molar-refractivity contribution is 5.72. The molecule has 0 spiro atoms. The maximum absolute atomic E-state index is 10.4. The van der Waals surface area contributed by atoms with Crippen LogP contribution in [0.25, 0.3) is 0 Å². The molecule has 60 valence electrons. The van der Waals surface area contributed by atoms with Crippen LogP contribution in [0.5, 0.6) is 0 Å². The summed E-state index contributed by atoms with van der Waals surface area (Å²) in [7, 11) is 0. The van der Waals surface area contributed by atoms with Crippen LogP contribution in [-0.4, -0.2) is 33.6 Å². The van der Waals surface area contributed by atoms with Crippen LogP contribution in [0.15, 0.2) is 0 Å². The van der Waals surface area contributed by atoms with E-state index in [1.54, 1.807) is 0 Å². The molecule has 0 saturated carbocycles. The number of carbonyl (C=O) groups excluding carboxylic acids is 1. The first-order valence-electron chi connectivity index (χ1n) is 2.80. The van der Waals surface area contributed by atoms with Crippen LogP contribution in [0, 0.1) is 0 Å². The molecule has 0 rings (SSSR count). The number of amides is 2. The molecule has 0 aromatic heterocycles. The zero-order valence-electron chi connectivity index (χ0n) is 6.03. The standard InChI is InChI=1S/C5H12N2O3/c1-5(2,10)7(3-8)4(6)9/h8,10H,3H2,1-2H3,(H2,6,9). The summed E-state index contributed by atoms with van der Waals surface area (Å²) in [5.74, 6) is 0. The molecule has 5 nitrogen and oxygen atoms in total. The largest absolute Gasteiger partial charge is 0.376 e. The number of rotatable bonds is 2. The predicted octanol–water partition coefficient (Wildman–Crippen LogP) is -0.955. The minimum atomic E-state index is -1.40. The summed E-state index contributed by atoms with van der Waals surface area (Å²) in [4.78, 5) is 11.1. The fraction of sp³-hybridized carbons (Fsp3) is 0.800. The highest BCUT2D eigenvalue weighted by atomic mass is 16.3. The number of carbonyl (C=O) groups is 1. The van der Waals surface area contributed by atoms with E-state index in [1.165, 1.54) is 13.8 Å². The zero-order valence-corrected chi connectivity index (χ0v) is 6.03. The predicted molar refractivity (Wildman–Crippen MR) is 34.8 cm³/mol. The Labute approximate surface area is 59.0 Å². The monoisotopic (exact) mass is 148 g/mol. The van der Waals surface area contributed by atoms with Crippen molar-refractivity contribution in [3.63, 3.8) is 0 Å². The second-order valence-corrected chi connectivity index (χ2v) is 2.40. The summed E-state index contributed by atoms with van der Waals surface area (Å²) in [5.41, 5.74) is 3.40. The number of aliphatic hydroxyl groups is 2. The highest BCUT2D eigenvalue weighted by Crippen LogP contribution is 2.07. The van der Waals surface area contributed by atoms with E-state index in [-0.39, 0.29) is 0 Å². The Balaban J connectivity index is 4.22. The third-order valence-corrected chi connectivity index (χ3v) is 1.07. The quantitative estimate of drug-likeness (QED) is 0.441. The molecular formula is C5H12N2O3. The minimum absolute atomic E-state index is 0.584. The Morgan fingerprint density at radius 1 is 1.70 bits per heavy atom. The third kappa shape index (κ3) is 2.20. The zero-order chi connectivity index (χ0) is 8.36. The number of nitrogens with zero attached hydrogens (tertiary/aromatic N) is 1. The van der Waals surface area contributed by atoms with E-state index in [4.69, 9.17) is 15.9 Å². The Kier molecular flexibility index (Phi) is 2.62. The lowest BCUT2D eigenvalue weighted by molar-refractivity contribution is -0.0808. The molecule has 2 amide bonds. The van der Waals surface area contributed by atoms with Crippen LogP contribution in [-0.2, 0) is 0 Å². The van der Waals surface area contributed by atoms with E-state index in [1.807, 2.05) is 0 Å². The van der Waals surface area contributed by atoms with Gasteiger partial charge in [0.05, 0.1) is 0 Å². The normalized spacial score (nSPS) is 11.2. The second-order valence-electron chi connectivity index (χ2n) is 2.40. The van der Waals surface area contributed by atoms with Crippen LogP contribution in [0.4, 0.5) is 4.79 Å². The number of primary amides is 1. The number of urea groups is 1. The lowest BCUT2D eigenvalue weighted by Crippen LogP contribution is -2.50. The molecule has 10 heavy (non-hydrogen) atoms. The van der Waals surface area contributed by atoms with Crippen LogP contribution >= 0.6 is 0 Å². The Morgan fingerprint density at radius 2 is 2.10 bits per heavy atom. The molecule has 0 fully saturated rings. The Bertz CT molecular complexity index is 129. The summed E-state index contributed by atoms with van der Waals surface area (Å²) in [6.07, 6.45) is 0. The number of aliphatic hydroxyl groups excluding tert-OH is 1. The smallest absolute Gasteiger partial charge is 0.318 e. The third-order valence-electron chi connectivity index (χ3n) is 1.07. The van der Waals surface area contributed by atoms with Gasteiger partial charge in [0.15, 0.2) is 0 Å². The van der Waals surface area contributed by atoms with Crippen LogP contribution in [0.1, 0.15) is 13.8 Å². The Hall–Kier alpha value is -0.810. The van der Waals surface area contributed by atoms with Crippen molar-refractivity contribution in [3.8, 4) is 0 Å². The number of nitrogens with two attached hydrogens (primary N) is 1. The van der Waals surface area contributed by atoms with Crippen LogP contribution in [0.3, 0.4) is 0 Å². The maximum Gasteiger partial charge on any atom is 0.318 e. The second kappa shape index (κ2) is 2.85. The summed E-state index contributed by atoms with van der Waals surface area (Å²) in [5, 5.41) is 17.6. The van der Waals surface area contributed by atoms with Crippen molar-refractivity contribution in [2.24, 2.45) is 5.73 Å². The van der Waals surface area contributed by atoms with Crippen molar-refractivity contribution >= 4 is 6.03 Å². The van der Waals surface area contributed by atoms with E-state index >= 15 is 0 Å². The van der Waals surface area contributed by atoms with Gasteiger partial charge in [-0.3, -0.25) is 4.90 Å². The molecule has 0 aliphatic rings. The van der Waals surface area contributed by atoms with Gasteiger partial charge in [-0.2, -0.15) is 0 Å². The molecule has 0 saturated heterocycles. The fourth-order valence-corrected chi connectivity index (χ4v) is 0.512. The molecule has 0 aromatic carbocycles. The van der Waals surface area contributed by atoms with Crippen molar-refractivity contribution in [1.82, 2.24) is 4.90 Å². The molecule has 0 radical (unpaired) electrons. The van der Waals surface area contributed by atoms with Gasteiger partial charge in [-0.25, -0.2) is 4.79 Å². The molecule has 0 atom stereocenters. The average Bonchev–Trinajstić information content (AvgIpc) is 1.60. The van der Waals surface area contributed by atoms with Crippen molar-refractivity contribution in [3.05, 3.63) is 0 Å². The van der Waals surface area contributed by atoms with Gasteiger partial charge in [0.25, 0.3) is 0 Å². The van der Waals surface area contributed by atoms with Gasteiger partial charge in [-0.1, -0.05) is 0 Å².